The van der Waals surface area contributed by atoms with Crippen LogP contribution in [0, 0.1) is 5.82 Å². The number of cyclic esters (lactones) is 1. The predicted molar refractivity (Wildman–Crippen MR) is 137 cm³/mol. The average molecular weight is 530 g/mol. The molecule has 1 aromatic heterocycles. The van der Waals surface area contributed by atoms with Crippen LogP contribution in [0.15, 0.2) is 48.8 Å². The molecule has 2 N–H and O–H groups in total. The fraction of sp³-hybridized carbons (Fsp3) is 0.280. The molecule has 2 heterocycles. The second-order valence-corrected chi connectivity index (χ2v) is 8.61. The third kappa shape index (κ3) is 6.70. The van der Waals surface area contributed by atoms with Gasteiger partial charge in [-0.25, -0.2) is 14.4 Å². The van der Waals surface area contributed by atoms with Crippen LogP contribution in [0.1, 0.15) is 0 Å². The van der Waals surface area contributed by atoms with Crippen LogP contribution in [-0.2, 0) is 19.1 Å². The van der Waals surface area contributed by atoms with Crippen LogP contribution in [-0.4, -0.2) is 73.3 Å². The number of nitrogens with one attached hydrogen (secondary N) is 2. The minimum atomic E-state index is -0.530. The zero-order valence-electron chi connectivity index (χ0n) is 20.2. The van der Waals surface area contributed by atoms with Crippen molar-refractivity contribution in [2.24, 2.45) is 0 Å². The van der Waals surface area contributed by atoms with E-state index < -0.39 is 5.82 Å². The molecule has 0 saturated carbocycles. The van der Waals surface area contributed by atoms with Crippen molar-refractivity contribution in [2.75, 3.05) is 51.1 Å². The summed E-state index contributed by atoms with van der Waals surface area (Å²) in [5.74, 6) is -0.407. The monoisotopic (exact) mass is 529 g/mol. The Balaban J connectivity index is 1.49. The van der Waals surface area contributed by atoms with E-state index >= 15 is 0 Å². The van der Waals surface area contributed by atoms with E-state index in [0.29, 0.717) is 53.5 Å². The highest BCUT2D eigenvalue weighted by molar-refractivity contribution is 6.31. The van der Waals surface area contributed by atoms with E-state index in [0.717, 1.165) is 0 Å². The molecular formula is C25H25ClFN5O5. The Labute approximate surface area is 217 Å². The third-order valence-electron chi connectivity index (χ3n) is 5.49. The number of carbonyl (C=O) groups excluding carboxylic acids is 2. The van der Waals surface area contributed by atoms with Crippen molar-refractivity contribution in [1.29, 1.82) is 0 Å². The van der Waals surface area contributed by atoms with Crippen molar-refractivity contribution in [3.8, 4) is 5.75 Å². The first-order valence-corrected chi connectivity index (χ1v) is 11.7. The van der Waals surface area contributed by atoms with E-state index in [9.17, 15) is 14.0 Å². The summed E-state index contributed by atoms with van der Waals surface area (Å²) in [6, 6.07) is 7.59. The Hall–Kier alpha value is -3.80. The highest BCUT2D eigenvalue weighted by Crippen LogP contribution is 2.33. The number of aromatic nitrogens is 2. The summed E-state index contributed by atoms with van der Waals surface area (Å²) < 4.78 is 29.3. The molecule has 1 aliphatic rings. The number of hydrogen-bond donors (Lipinski definition) is 2. The van der Waals surface area contributed by atoms with Gasteiger partial charge < -0.3 is 24.8 Å². The molecule has 2 aromatic carbocycles. The number of esters is 1. The maximum atomic E-state index is 13.5. The third-order valence-corrected chi connectivity index (χ3v) is 5.78. The van der Waals surface area contributed by atoms with Crippen LogP contribution in [0.3, 0.4) is 0 Å². The van der Waals surface area contributed by atoms with Crippen LogP contribution >= 0.6 is 11.6 Å². The first-order valence-electron chi connectivity index (χ1n) is 11.3. The van der Waals surface area contributed by atoms with Gasteiger partial charge in [0, 0.05) is 43.4 Å². The SMILES string of the molecule is COCC1CN(CC=CC(=O)Nc2cc3c(Nc4ccc(F)c(Cl)c4)ncnc3cc2OC)CC(=O)O1. The molecule has 0 spiro atoms. The maximum absolute atomic E-state index is 13.5. The largest absolute Gasteiger partial charge is 0.494 e. The van der Waals surface area contributed by atoms with Gasteiger partial charge in [0.1, 0.15) is 29.8 Å². The van der Waals surface area contributed by atoms with Crippen molar-refractivity contribution >= 4 is 51.6 Å². The van der Waals surface area contributed by atoms with Gasteiger partial charge in [0.2, 0.25) is 5.91 Å². The number of amides is 1. The molecule has 1 saturated heterocycles. The number of morpholine rings is 1. The maximum Gasteiger partial charge on any atom is 0.320 e. The molecular weight excluding hydrogens is 505 g/mol. The molecule has 0 aliphatic carbocycles. The first-order chi connectivity index (χ1) is 17.9. The van der Waals surface area contributed by atoms with Crippen molar-refractivity contribution in [3.63, 3.8) is 0 Å². The second kappa shape index (κ2) is 12.0. The van der Waals surface area contributed by atoms with Crippen LogP contribution in [0.2, 0.25) is 5.02 Å². The number of rotatable bonds is 9. The van der Waals surface area contributed by atoms with E-state index in [1.54, 1.807) is 25.3 Å². The second-order valence-electron chi connectivity index (χ2n) is 8.20. The summed E-state index contributed by atoms with van der Waals surface area (Å²) in [6.45, 7) is 1.35. The topological polar surface area (TPSA) is 115 Å². The van der Waals surface area contributed by atoms with E-state index in [4.69, 9.17) is 25.8 Å². The molecule has 3 aromatic rings. The molecule has 1 aliphatic heterocycles. The smallest absolute Gasteiger partial charge is 0.320 e. The number of ether oxygens (including phenoxy) is 3. The summed E-state index contributed by atoms with van der Waals surface area (Å²) in [5, 5.41) is 6.47. The minimum absolute atomic E-state index is 0.0274. The quantitative estimate of drug-likeness (QED) is 0.317. The van der Waals surface area contributed by atoms with E-state index in [1.165, 1.54) is 37.7 Å². The lowest BCUT2D eigenvalue weighted by atomic mass is 10.1. The van der Waals surface area contributed by atoms with Crippen LogP contribution in [0.4, 0.5) is 21.6 Å². The number of hydrogen-bond acceptors (Lipinski definition) is 9. The van der Waals surface area contributed by atoms with Gasteiger partial charge in [0.05, 0.1) is 36.5 Å². The molecule has 0 radical (unpaired) electrons. The molecule has 10 nitrogen and oxygen atoms in total. The normalized spacial score (nSPS) is 16.1. The van der Waals surface area contributed by atoms with Crippen LogP contribution in [0.25, 0.3) is 10.9 Å². The lowest BCUT2D eigenvalue weighted by Crippen LogP contribution is -2.47. The lowest BCUT2D eigenvalue weighted by Gasteiger charge is -2.30. The Kier molecular flexibility index (Phi) is 8.49. The fourth-order valence-electron chi connectivity index (χ4n) is 3.85. The number of nitrogens with zero attached hydrogens (tertiary/aromatic N) is 3. The van der Waals surface area contributed by atoms with Crippen molar-refractivity contribution in [1.82, 2.24) is 14.9 Å². The summed E-state index contributed by atoms with van der Waals surface area (Å²) in [5.41, 5.74) is 1.50. The molecule has 194 valence electrons. The number of benzene rings is 2. The zero-order chi connectivity index (χ0) is 26.4. The number of carbonyl (C=O) groups is 2. The number of fused-ring (bicyclic) bond motifs is 1. The van der Waals surface area contributed by atoms with Crippen molar-refractivity contribution in [3.05, 3.63) is 59.7 Å². The van der Waals surface area contributed by atoms with Gasteiger partial charge >= 0.3 is 5.97 Å². The van der Waals surface area contributed by atoms with Gasteiger partial charge in [0.15, 0.2) is 0 Å². The van der Waals surface area contributed by atoms with Gasteiger partial charge in [-0.15, -0.1) is 0 Å². The molecule has 1 amide bonds. The van der Waals surface area contributed by atoms with E-state index in [1.807, 2.05) is 4.90 Å². The standard InChI is InChI=1S/C25H25ClFN5O5/c1-35-13-16-11-32(12-24(34)37-16)7-3-4-23(33)31-21-9-17-20(10-22(21)36-2)28-14-29-25(17)30-15-5-6-19(27)18(26)8-15/h3-6,8-10,14,16H,7,11-13H2,1-2H3,(H,31,33)(H,28,29,30). The highest BCUT2D eigenvalue weighted by Gasteiger charge is 2.25. The van der Waals surface area contributed by atoms with Crippen LogP contribution in [0.5, 0.6) is 5.75 Å². The molecule has 1 fully saturated rings. The van der Waals surface area contributed by atoms with Crippen molar-refractivity contribution in [2.45, 2.75) is 6.10 Å². The summed E-state index contributed by atoms with van der Waals surface area (Å²) in [6.07, 6.45) is 4.09. The van der Waals surface area contributed by atoms with E-state index in [2.05, 4.69) is 20.6 Å². The summed E-state index contributed by atoms with van der Waals surface area (Å²) in [4.78, 5) is 34.8. The molecule has 4 rings (SSSR count). The summed E-state index contributed by atoms with van der Waals surface area (Å²) >= 11 is 5.89. The Morgan fingerprint density at radius 1 is 1.30 bits per heavy atom. The Morgan fingerprint density at radius 3 is 2.89 bits per heavy atom. The fourth-order valence-corrected chi connectivity index (χ4v) is 4.03. The molecule has 37 heavy (non-hydrogen) atoms. The Bertz CT molecular complexity index is 1340. The molecule has 12 heteroatoms. The first kappa shape index (κ1) is 26.3. The average Bonchev–Trinajstić information content (AvgIpc) is 2.86. The van der Waals surface area contributed by atoms with Gasteiger partial charge in [-0.05, 0) is 24.3 Å². The predicted octanol–water partition coefficient (Wildman–Crippen LogP) is 3.54. The zero-order valence-corrected chi connectivity index (χ0v) is 20.9. The molecule has 1 atom stereocenters. The summed E-state index contributed by atoms with van der Waals surface area (Å²) in [7, 11) is 3.03. The van der Waals surface area contributed by atoms with Gasteiger partial charge in [-0.3, -0.25) is 14.5 Å². The van der Waals surface area contributed by atoms with Gasteiger partial charge in [-0.2, -0.15) is 0 Å². The molecule has 1 unspecified atom stereocenters. The minimum Gasteiger partial charge on any atom is -0.494 e. The van der Waals surface area contributed by atoms with Crippen molar-refractivity contribution < 1.29 is 28.2 Å². The molecule has 0 bridgehead atoms. The number of methoxy groups -OCH3 is 2. The number of halogens is 2. The van der Waals surface area contributed by atoms with Gasteiger partial charge in [-0.1, -0.05) is 17.7 Å². The lowest BCUT2D eigenvalue weighted by molar-refractivity contribution is -0.161. The van der Waals surface area contributed by atoms with Crippen LogP contribution < -0.4 is 15.4 Å². The Morgan fingerprint density at radius 2 is 2.14 bits per heavy atom. The van der Waals surface area contributed by atoms with E-state index in [-0.39, 0.29) is 29.5 Å². The number of anilines is 3. The highest BCUT2D eigenvalue weighted by atomic mass is 35.5. The van der Waals surface area contributed by atoms with Gasteiger partial charge in [0.25, 0.3) is 0 Å².